The van der Waals surface area contributed by atoms with Gasteiger partial charge < -0.3 is 4.98 Å². The first kappa shape index (κ1) is 11.2. The van der Waals surface area contributed by atoms with Gasteiger partial charge in [-0.05, 0) is 60.4 Å². The van der Waals surface area contributed by atoms with Crippen LogP contribution < -0.4 is 0 Å². The predicted octanol–water partition coefficient (Wildman–Crippen LogP) is 3.71. The number of rotatable bonds is 2. The molecule has 2 heterocycles. The molecular weight excluding hydrogens is 252 g/mol. The standard InChI is InChI=1S/C12H19BrN2/c1-10(11-8-12(13)14-9-11)15-6-4-2-3-5-7-15/h8-10,14H,2-7H2,1H3. The van der Waals surface area contributed by atoms with Gasteiger partial charge in [-0.3, -0.25) is 4.90 Å². The fourth-order valence-corrected chi connectivity index (χ4v) is 2.70. The molecule has 0 radical (unpaired) electrons. The molecule has 0 spiro atoms. The van der Waals surface area contributed by atoms with Gasteiger partial charge in [0.25, 0.3) is 0 Å². The van der Waals surface area contributed by atoms with Crippen LogP contribution >= 0.6 is 15.9 Å². The molecule has 3 heteroatoms. The summed E-state index contributed by atoms with van der Waals surface area (Å²) < 4.78 is 1.08. The molecule has 0 amide bonds. The van der Waals surface area contributed by atoms with Gasteiger partial charge in [0.2, 0.25) is 0 Å². The van der Waals surface area contributed by atoms with Crippen LogP contribution in [0.5, 0.6) is 0 Å². The van der Waals surface area contributed by atoms with Crippen LogP contribution in [-0.4, -0.2) is 23.0 Å². The van der Waals surface area contributed by atoms with Crippen LogP contribution in [0, 0.1) is 0 Å². The molecule has 1 aliphatic heterocycles. The molecule has 1 saturated heterocycles. The average molecular weight is 271 g/mol. The Balaban J connectivity index is 2.02. The van der Waals surface area contributed by atoms with E-state index >= 15 is 0 Å². The highest BCUT2D eigenvalue weighted by molar-refractivity contribution is 9.10. The topological polar surface area (TPSA) is 19.0 Å². The van der Waals surface area contributed by atoms with Gasteiger partial charge >= 0.3 is 0 Å². The normalized spacial score (nSPS) is 21.2. The summed E-state index contributed by atoms with van der Waals surface area (Å²) in [4.78, 5) is 5.79. The van der Waals surface area contributed by atoms with E-state index in [0.29, 0.717) is 6.04 Å². The zero-order valence-corrected chi connectivity index (χ0v) is 10.9. The minimum Gasteiger partial charge on any atom is -0.356 e. The number of halogens is 1. The number of likely N-dealkylation sites (tertiary alicyclic amines) is 1. The van der Waals surface area contributed by atoms with E-state index in [9.17, 15) is 0 Å². The van der Waals surface area contributed by atoms with Gasteiger partial charge in [0, 0.05) is 12.2 Å². The maximum atomic E-state index is 3.47. The Bertz CT molecular complexity index is 300. The SMILES string of the molecule is CC(c1c[nH]c(Br)c1)N1CCCCCC1. The third kappa shape index (κ3) is 2.85. The fourth-order valence-electron chi connectivity index (χ4n) is 2.32. The van der Waals surface area contributed by atoms with Crippen molar-refractivity contribution >= 4 is 15.9 Å². The molecule has 0 bridgehead atoms. The van der Waals surface area contributed by atoms with Crippen molar-refractivity contribution in [1.82, 2.24) is 9.88 Å². The van der Waals surface area contributed by atoms with E-state index in [1.54, 1.807) is 0 Å². The molecule has 1 unspecified atom stereocenters. The van der Waals surface area contributed by atoms with Gasteiger partial charge in [0.1, 0.15) is 0 Å². The Morgan fingerprint density at radius 3 is 2.47 bits per heavy atom. The molecule has 1 aromatic heterocycles. The van der Waals surface area contributed by atoms with E-state index in [1.807, 2.05) is 0 Å². The van der Waals surface area contributed by atoms with Crippen LogP contribution in [0.4, 0.5) is 0 Å². The zero-order chi connectivity index (χ0) is 10.7. The van der Waals surface area contributed by atoms with Crippen LogP contribution in [0.15, 0.2) is 16.9 Å². The number of hydrogen-bond donors (Lipinski definition) is 1. The van der Waals surface area contributed by atoms with E-state index in [-0.39, 0.29) is 0 Å². The molecule has 15 heavy (non-hydrogen) atoms. The number of hydrogen-bond acceptors (Lipinski definition) is 1. The first-order valence-electron chi connectivity index (χ1n) is 5.85. The molecule has 2 rings (SSSR count). The summed E-state index contributed by atoms with van der Waals surface area (Å²) in [5, 5.41) is 0. The quantitative estimate of drug-likeness (QED) is 0.868. The van der Waals surface area contributed by atoms with Crippen LogP contribution in [0.2, 0.25) is 0 Å². The summed E-state index contributed by atoms with van der Waals surface area (Å²) >= 11 is 3.47. The highest BCUT2D eigenvalue weighted by Crippen LogP contribution is 2.25. The largest absolute Gasteiger partial charge is 0.356 e. The van der Waals surface area contributed by atoms with Crippen molar-refractivity contribution in [3.63, 3.8) is 0 Å². The van der Waals surface area contributed by atoms with Crippen molar-refractivity contribution in [2.75, 3.05) is 13.1 Å². The smallest absolute Gasteiger partial charge is 0.0823 e. The van der Waals surface area contributed by atoms with E-state index in [1.165, 1.54) is 44.3 Å². The van der Waals surface area contributed by atoms with Crippen LogP contribution in [0.25, 0.3) is 0 Å². The highest BCUT2D eigenvalue weighted by Gasteiger charge is 2.17. The summed E-state index contributed by atoms with van der Waals surface area (Å²) in [5.41, 5.74) is 1.39. The second-order valence-electron chi connectivity index (χ2n) is 4.41. The molecule has 84 valence electrons. The predicted molar refractivity (Wildman–Crippen MR) is 66.9 cm³/mol. The monoisotopic (exact) mass is 270 g/mol. The van der Waals surface area contributed by atoms with Crippen molar-refractivity contribution in [3.8, 4) is 0 Å². The van der Waals surface area contributed by atoms with Crippen molar-refractivity contribution in [2.24, 2.45) is 0 Å². The first-order chi connectivity index (χ1) is 7.27. The Morgan fingerprint density at radius 1 is 1.27 bits per heavy atom. The van der Waals surface area contributed by atoms with Gasteiger partial charge in [-0.1, -0.05) is 12.8 Å². The maximum absolute atomic E-state index is 3.47. The number of nitrogens with one attached hydrogen (secondary N) is 1. The lowest BCUT2D eigenvalue weighted by molar-refractivity contribution is 0.219. The van der Waals surface area contributed by atoms with Crippen molar-refractivity contribution in [3.05, 3.63) is 22.4 Å². The van der Waals surface area contributed by atoms with E-state index in [0.717, 1.165) is 4.60 Å². The second kappa shape index (κ2) is 5.17. The van der Waals surface area contributed by atoms with E-state index in [4.69, 9.17) is 0 Å². The zero-order valence-electron chi connectivity index (χ0n) is 9.30. The van der Waals surface area contributed by atoms with E-state index < -0.39 is 0 Å². The summed E-state index contributed by atoms with van der Waals surface area (Å²) in [6, 6.07) is 2.74. The molecule has 1 N–H and O–H groups in total. The van der Waals surface area contributed by atoms with Crippen molar-refractivity contribution in [2.45, 2.75) is 38.6 Å². The lowest BCUT2D eigenvalue weighted by Gasteiger charge is -2.26. The maximum Gasteiger partial charge on any atom is 0.0823 e. The minimum atomic E-state index is 0.547. The molecule has 1 atom stereocenters. The molecule has 1 aliphatic rings. The van der Waals surface area contributed by atoms with Crippen molar-refractivity contribution in [1.29, 1.82) is 0 Å². The van der Waals surface area contributed by atoms with Crippen LogP contribution in [0.3, 0.4) is 0 Å². The fraction of sp³-hybridized carbons (Fsp3) is 0.667. The van der Waals surface area contributed by atoms with E-state index in [2.05, 4.69) is 45.0 Å². The Kier molecular flexibility index (Phi) is 3.87. The van der Waals surface area contributed by atoms with Gasteiger partial charge in [-0.25, -0.2) is 0 Å². The molecule has 0 aliphatic carbocycles. The second-order valence-corrected chi connectivity index (χ2v) is 5.26. The number of nitrogens with zero attached hydrogens (tertiary/aromatic N) is 1. The molecule has 2 nitrogen and oxygen atoms in total. The lowest BCUT2D eigenvalue weighted by Crippen LogP contribution is -2.27. The third-order valence-corrected chi connectivity index (χ3v) is 3.80. The third-order valence-electron chi connectivity index (χ3n) is 3.34. The Morgan fingerprint density at radius 2 is 1.93 bits per heavy atom. The van der Waals surface area contributed by atoms with Gasteiger partial charge in [-0.2, -0.15) is 0 Å². The summed E-state index contributed by atoms with van der Waals surface area (Å²) in [5.74, 6) is 0. The van der Waals surface area contributed by atoms with Gasteiger partial charge in [0.15, 0.2) is 0 Å². The molecular formula is C12H19BrN2. The first-order valence-corrected chi connectivity index (χ1v) is 6.64. The summed E-state index contributed by atoms with van der Waals surface area (Å²) in [7, 11) is 0. The average Bonchev–Trinajstić information content (AvgIpc) is 2.53. The summed E-state index contributed by atoms with van der Waals surface area (Å²) in [6.07, 6.45) is 7.63. The molecule has 0 aromatic carbocycles. The van der Waals surface area contributed by atoms with Gasteiger partial charge in [0.05, 0.1) is 4.60 Å². The minimum absolute atomic E-state index is 0.547. The number of aromatic nitrogens is 1. The Labute approximate surface area is 100 Å². The highest BCUT2D eigenvalue weighted by atomic mass is 79.9. The Hall–Kier alpha value is -0.280. The van der Waals surface area contributed by atoms with Crippen LogP contribution in [0.1, 0.15) is 44.2 Å². The lowest BCUT2D eigenvalue weighted by atomic mass is 10.1. The molecule has 1 aromatic rings. The van der Waals surface area contributed by atoms with Crippen LogP contribution in [-0.2, 0) is 0 Å². The molecule has 1 fully saturated rings. The summed E-state index contributed by atoms with van der Waals surface area (Å²) in [6.45, 7) is 4.81. The number of aromatic amines is 1. The van der Waals surface area contributed by atoms with Crippen molar-refractivity contribution < 1.29 is 0 Å². The van der Waals surface area contributed by atoms with Gasteiger partial charge in [-0.15, -0.1) is 0 Å². The molecule has 0 saturated carbocycles. The number of H-pyrrole nitrogens is 1.